The van der Waals surface area contributed by atoms with Crippen LogP contribution in [0.2, 0.25) is 10.0 Å². The van der Waals surface area contributed by atoms with E-state index >= 15 is 0 Å². The van der Waals surface area contributed by atoms with E-state index in [4.69, 9.17) is 28.0 Å². The Kier molecular flexibility index (Phi) is 6.37. The van der Waals surface area contributed by atoms with Gasteiger partial charge < -0.3 is 4.84 Å². The van der Waals surface area contributed by atoms with Crippen molar-refractivity contribution in [1.82, 2.24) is 15.4 Å². The van der Waals surface area contributed by atoms with Crippen LogP contribution in [0.5, 0.6) is 0 Å². The van der Waals surface area contributed by atoms with Crippen LogP contribution < -0.4 is 10.9 Å². The average Bonchev–Trinajstić information content (AvgIpc) is 3.25. The molecule has 0 bridgehead atoms. The number of hydrogen-bond acceptors (Lipinski definition) is 6. The first-order chi connectivity index (χ1) is 16.1. The molecule has 2 aromatic carbocycles. The fourth-order valence-electron chi connectivity index (χ4n) is 3.49. The number of carbonyl (C=O) groups is 1. The first kappa shape index (κ1) is 23.8. The molecule has 4 rings (SSSR count). The quantitative estimate of drug-likeness (QED) is 0.447. The molecule has 1 aliphatic heterocycles. The van der Waals surface area contributed by atoms with E-state index in [1.54, 1.807) is 19.1 Å². The summed E-state index contributed by atoms with van der Waals surface area (Å²) in [7, 11) is 0. The van der Waals surface area contributed by atoms with Crippen molar-refractivity contribution in [3.05, 3.63) is 87.2 Å². The van der Waals surface area contributed by atoms with Crippen molar-refractivity contribution in [3.63, 3.8) is 0 Å². The molecular weight excluding hydrogens is 494 g/mol. The smallest absolute Gasteiger partial charge is 0.374 e. The van der Waals surface area contributed by atoms with E-state index < -0.39 is 24.1 Å². The minimum absolute atomic E-state index is 0.0453. The Morgan fingerprint density at radius 1 is 1.09 bits per heavy atom. The highest BCUT2D eigenvalue weighted by Gasteiger charge is 2.62. The Morgan fingerprint density at radius 3 is 2.38 bits per heavy atom. The standard InChI is InChI=1S/C22H16Cl2F3N5O2/c1-12-7-13(3-4-17(12)19(33)30-31-20-28-5-2-6-29-20)18-11-21(34-32-18,22(25,26)27)14-8-15(23)10-16(24)9-14/h2-10H,11H2,1H3,(H,30,33)(H,28,29,31). The van der Waals surface area contributed by atoms with Gasteiger partial charge in [-0.15, -0.1) is 0 Å². The Labute approximate surface area is 201 Å². The number of alkyl halides is 3. The van der Waals surface area contributed by atoms with Crippen molar-refractivity contribution in [2.45, 2.75) is 25.1 Å². The van der Waals surface area contributed by atoms with Crippen LogP contribution in [0.4, 0.5) is 19.1 Å². The third-order valence-corrected chi connectivity index (χ3v) is 5.61. The fourth-order valence-corrected chi connectivity index (χ4v) is 4.01. The number of benzene rings is 2. The van der Waals surface area contributed by atoms with Gasteiger partial charge in [-0.2, -0.15) is 13.2 Å². The molecule has 0 fully saturated rings. The third-order valence-electron chi connectivity index (χ3n) is 5.17. The van der Waals surface area contributed by atoms with Crippen molar-refractivity contribution >= 4 is 40.8 Å². The lowest BCUT2D eigenvalue weighted by molar-refractivity contribution is -0.275. The topological polar surface area (TPSA) is 88.5 Å². The summed E-state index contributed by atoms with van der Waals surface area (Å²) in [5.74, 6) is -0.272. The minimum atomic E-state index is -4.80. The van der Waals surface area contributed by atoms with Gasteiger partial charge in [0.15, 0.2) is 0 Å². The molecule has 1 amide bonds. The number of nitrogens with zero attached hydrogens (tertiary/aromatic N) is 3. The van der Waals surface area contributed by atoms with Gasteiger partial charge in [0, 0.05) is 40.0 Å². The maximum absolute atomic E-state index is 14.2. The number of carbonyl (C=O) groups excluding carboxylic acids is 1. The highest BCUT2D eigenvalue weighted by atomic mass is 35.5. The van der Waals surface area contributed by atoms with E-state index in [0.717, 1.165) is 12.1 Å². The molecular formula is C22H16Cl2F3N5O2. The molecule has 0 radical (unpaired) electrons. The van der Waals surface area contributed by atoms with Crippen LogP contribution in [0, 0.1) is 6.92 Å². The second kappa shape index (κ2) is 9.11. The molecule has 1 unspecified atom stereocenters. The second-order valence-electron chi connectivity index (χ2n) is 7.47. The maximum Gasteiger partial charge on any atom is 0.435 e. The van der Waals surface area contributed by atoms with Gasteiger partial charge in [0.2, 0.25) is 5.95 Å². The zero-order chi connectivity index (χ0) is 24.5. The Morgan fingerprint density at radius 2 is 1.76 bits per heavy atom. The van der Waals surface area contributed by atoms with Crippen molar-refractivity contribution < 1.29 is 22.8 Å². The van der Waals surface area contributed by atoms with Crippen molar-refractivity contribution in [3.8, 4) is 0 Å². The number of aromatic nitrogens is 2. The summed E-state index contributed by atoms with van der Waals surface area (Å²) in [4.78, 5) is 25.4. The number of aryl methyl sites for hydroxylation is 1. The van der Waals surface area contributed by atoms with E-state index in [0.29, 0.717) is 16.7 Å². The van der Waals surface area contributed by atoms with Gasteiger partial charge >= 0.3 is 6.18 Å². The Bertz CT molecular complexity index is 1250. The van der Waals surface area contributed by atoms with Gasteiger partial charge in [-0.25, -0.2) is 9.97 Å². The van der Waals surface area contributed by atoms with Gasteiger partial charge in [0.25, 0.3) is 11.5 Å². The molecule has 2 N–H and O–H groups in total. The largest absolute Gasteiger partial charge is 0.435 e. The van der Waals surface area contributed by atoms with Crippen LogP contribution in [0.25, 0.3) is 0 Å². The molecule has 1 atom stereocenters. The van der Waals surface area contributed by atoms with E-state index in [9.17, 15) is 18.0 Å². The molecule has 7 nitrogen and oxygen atoms in total. The van der Waals surface area contributed by atoms with E-state index in [1.165, 1.54) is 30.6 Å². The third kappa shape index (κ3) is 4.64. The summed E-state index contributed by atoms with van der Waals surface area (Å²) in [5.41, 5.74) is 3.33. The summed E-state index contributed by atoms with van der Waals surface area (Å²) in [6.45, 7) is 1.65. The SMILES string of the molecule is Cc1cc(C2=NOC(c3cc(Cl)cc(Cl)c3)(C(F)(F)F)C2)ccc1C(=O)NNc1ncccn1. The maximum atomic E-state index is 14.2. The highest BCUT2D eigenvalue weighted by molar-refractivity contribution is 6.34. The summed E-state index contributed by atoms with van der Waals surface area (Å²) >= 11 is 11.9. The van der Waals surface area contributed by atoms with Gasteiger partial charge in [-0.1, -0.05) is 34.4 Å². The van der Waals surface area contributed by atoms with Crippen molar-refractivity contribution in [2.75, 3.05) is 5.43 Å². The lowest BCUT2D eigenvalue weighted by atomic mass is 9.86. The number of nitrogens with one attached hydrogen (secondary N) is 2. The number of amides is 1. The summed E-state index contributed by atoms with van der Waals surface area (Å²) in [6.07, 6.45) is -2.38. The fraction of sp³-hybridized carbons (Fsp3) is 0.182. The zero-order valence-corrected chi connectivity index (χ0v) is 19.0. The number of hydrazine groups is 1. The minimum Gasteiger partial charge on any atom is -0.374 e. The second-order valence-corrected chi connectivity index (χ2v) is 8.34. The van der Waals surface area contributed by atoms with Crippen LogP contribution in [-0.4, -0.2) is 27.8 Å². The molecule has 0 spiro atoms. The number of rotatable bonds is 5. The highest BCUT2D eigenvalue weighted by Crippen LogP contribution is 2.49. The van der Waals surface area contributed by atoms with Crippen molar-refractivity contribution in [2.24, 2.45) is 5.16 Å². The predicted molar refractivity (Wildman–Crippen MR) is 121 cm³/mol. The lowest BCUT2D eigenvalue weighted by Crippen LogP contribution is -2.42. The number of anilines is 1. The molecule has 3 aromatic rings. The summed E-state index contributed by atoms with van der Waals surface area (Å²) in [5, 5.41) is 3.82. The van der Waals surface area contributed by atoms with Crippen LogP contribution in [-0.2, 0) is 10.4 Å². The summed E-state index contributed by atoms with van der Waals surface area (Å²) in [6, 6.07) is 9.82. The van der Waals surface area contributed by atoms with E-state index in [1.807, 2.05) is 0 Å². The van der Waals surface area contributed by atoms with Crippen LogP contribution in [0.15, 0.2) is 60.0 Å². The molecule has 1 aliphatic rings. The van der Waals surface area contributed by atoms with Gasteiger partial charge in [0.05, 0.1) is 5.71 Å². The molecule has 2 heterocycles. The van der Waals surface area contributed by atoms with E-state index in [2.05, 4.69) is 26.0 Å². The molecule has 1 aromatic heterocycles. The number of hydrogen-bond donors (Lipinski definition) is 2. The average molecular weight is 510 g/mol. The summed E-state index contributed by atoms with van der Waals surface area (Å²) < 4.78 is 42.5. The van der Waals surface area contributed by atoms with Crippen LogP contribution in [0.1, 0.15) is 33.5 Å². The lowest BCUT2D eigenvalue weighted by Gasteiger charge is -2.29. The molecule has 176 valence electrons. The van der Waals surface area contributed by atoms with Gasteiger partial charge in [-0.3, -0.25) is 15.6 Å². The normalized spacial score (nSPS) is 17.6. The molecule has 0 aliphatic carbocycles. The molecule has 0 saturated heterocycles. The van der Waals surface area contributed by atoms with Crippen LogP contribution >= 0.6 is 23.2 Å². The Hall–Kier alpha value is -3.37. The number of oxime groups is 1. The van der Waals surface area contributed by atoms with Gasteiger partial charge in [-0.05, 0) is 54.4 Å². The van der Waals surface area contributed by atoms with E-state index in [-0.39, 0.29) is 27.3 Å². The Balaban J connectivity index is 1.56. The zero-order valence-electron chi connectivity index (χ0n) is 17.5. The predicted octanol–water partition coefficient (Wildman–Crippen LogP) is 5.43. The first-order valence-corrected chi connectivity index (χ1v) is 10.6. The van der Waals surface area contributed by atoms with Gasteiger partial charge in [0.1, 0.15) is 0 Å². The van der Waals surface area contributed by atoms with Crippen LogP contribution in [0.3, 0.4) is 0 Å². The van der Waals surface area contributed by atoms with Crippen molar-refractivity contribution in [1.29, 1.82) is 0 Å². The molecule has 0 saturated carbocycles. The first-order valence-electron chi connectivity index (χ1n) is 9.82. The molecule has 34 heavy (non-hydrogen) atoms. The molecule has 12 heteroatoms. The monoisotopic (exact) mass is 509 g/mol. The number of halogens is 5.